The zero-order valence-electron chi connectivity index (χ0n) is 12.1. The number of thiophene rings is 1. The topological polar surface area (TPSA) is 28.2 Å². The standard InChI is InChI=1S/C15H20BrN3S/c1-4-17-9-12-8-13(16)10-18-15(12)19(3)11(2)14-6-5-7-20-14/h5-8,10-11,17H,4,9H2,1-3H3. The molecule has 0 radical (unpaired) electrons. The van der Waals surface area contributed by atoms with Crippen molar-refractivity contribution in [2.24, 2.45) is 0 Å². The zero-order valence-corrected chi connectivity index (χ0v) is 14.5. The molecule has 0 spiro atoms. The molecule has 0 bridgehead atoms. The first-order chi connectivity index (χ1) is 9.63. The fraction of sp³-hybridized carbons (Fsp3) is 0.400. The first-order valence-corrected chi connectivity index (χ1v) is 8.42. The monoisotopic (exact) mass is 353 g/mol. The van der Waals surface area contributed by atoms with Crippen LogP contribution in [-0.2, 0) is 6.54 Å². The van der Waals surface area contributed by atoms with Crippen molar-refractivity contribution < 1.29 is 0 Å². The normalized spacial score (nSPS) is 12.4. The van der Waals surface area contributed by atoms with Crippen molar-refractivity contribution in [1.29, 1.82) is 0 Å². The van der Waals surface area contributed by atoms with Crippen LogP contribution in [0, 0.1) is 0 Å². The summed E-state index contributed by atoms with van der Waals surface area (Å²) in [7, 11) is 2.11. The molecule has 2 heterocycles. The second kappa shape index (κ2) is 7.20. The van der Waals surface area contributed by atoms with E-state index in [1.807, 2.05) is 6.20 Å². The number of halogens is 1. The van der Waals surface area contributed by atoms with Gasteiger partial charge in [-0.3, -0.25) is 0 Å². The van der Waals surface area contributed by atoms with E-state index in [-0.39, 0.29) is 0 Å². The van der Waals surface area contributed by atoms with Crippen LogP contribution < -0.4 is 10.2 Å². The van der Waals surface area contributed by atoms with E-state index >= 15 is 0 Å². The minimum Gasteiger partial charge on any atom is -0.352 e. The number of hydrogen-bond donors (Lipinski definition) is 1. The van der Waals surface area contributed by atoms with Gasteiger partial charge in [0.15, 0.2) is 0 Å². The van der Waals surface area contributed by atoms with E-state index < -0.39 is 0 Å². The van der Waals surface area contributed by atoms with E-state index in [2.05, 4.69) is 75.6 Å². The summed E-state index contributed by atoms with van der Waals surface area (Å²) in [6.45, 7) is 6.12. The van der Waals surface area contributed by atoms with Gasteiger partial charge in [-0.05, 0) is 46.9 Å². The second-order valence-corrected chi connectivity index (χ2v) is 6.61. The predicted molar refractivity (Wildman–Crippen MR) is 90.5 cm³/mol. The average molecular weight is 354 g/mol. The number of hydrogen-bond acceptors (Lipinski definition) is 4. The summed E-state index contributed by atoms with van der Waals surface area (Å²) < 4.78 is 1.02. The lowest BCUT2D eigenvalue weighted by Gasteiger charge is -2.27. The molecule has 2 aromatic heterocycles. The molecule has 1 atom stereocenters. The minimum absolute atomic E-state index is 0.323. The summed E-state index contributed by atoms with van der Waals surface area (Å²) in [4.78, 5) is 8.20. The van der Waals surface area contributed by atoms with Gasteiger partial charge in [0.1, 0.15) is 5.82 Å². The van der Waals surface area contributed by atoms with E-state index in [0.29, 0.717) is 6.04 Å². The van der Waals surface area contributed by atoms with Crippen LogP contribution in [0.3, 0.4) is 0 Å². The fourth-order valence-electron chi connectivity index (χ4n) is 2.08. The maximum absolute atomic E-state index is 4.61. The quantitative estimate of drug-likeness (QED) is 0.842. The number of nitrogens with zero attached hydrogens (tertiary/aromatic N) is 2. The Kier molecular flexibility index (Phi) is 5.57. The van der Waals surface area contributed by atoms with Gasteiger partial charge in [0, 0.05) is 34.7 Å². The Labute approximate surface area is 133 Å². The zero-order chi connectivity index (χ0) is 14.5. The molecular weight excluding hydrogens is 334 g/mol. The highest BCUT2D eigenvalue weighted by Crippen LogP contribution is 2.30. The van der Waals surface area contributed by atoms with Crippen LogP contribution in [0.15, 0.2) is 34.2 Å². The molecule has 1 N–H and O–H groups in total. The molecule has 0 fully saturated rings. The number of nitrogens with one attached hydrogen (secondary N) is 1. The summed E-state index contributed by atoms with van der Waals surface area (Å²) >= 11 is 5.29. The van der Waals surface area contributed by atoms with Gasteiger partial charge in [-0.1, -0.05) is 13.0 Å². The van der Waals surface area contributed by atoms with Crippen molar-refractivity contribution >= 4 is 33.1 Å². The number of anilines is 1. The second-order valence-electron chi connectivity index (χ2n) is 4.72. The smallest absolute Gasteiger partial charge is 0.133 e. The summed E-state index contributed by atoms with van der Waals surface area (Å²) in [6, 6.07) is 6.74. The highest BCUT2D eigenvalue weighted by molar-refractivity contribution is 9.10. The summed E-state index contributed by atoms with van der Waals surface area (Å²) in [5, 5.41) is 5.50. The van der Waals surface area contributed by atoms with E-state index in [1.165, 1.54) is 10.4 Å². The van der Waals surface area contributed by atoms with Crippen molar-refractivity contribution in [2.75, 3.05) is 18.5 Å². The van der Waals surface area contributed by atoms with E-state index in [4.69, 9.17) is 0 Å². The molecule has 0 saturated heterocycles. The highest BCUT2D eigenvalue weighted by Gasteiger charge is 2.17. The highest BCUT2D eigenvalue weighted by atomic mass is 79.9. The molecule has 2 aromatic rings. The van der Waals surface area contributed by atoms with Gasteiger partial charge < -0.3 is 10.2 Å². The molecular formula is C15H20BrN3S. The summed E-state index contributed by atoms with van der Waals surface area (Å²) in [5.74, 6) is 1.04. The van der Waals surface area contributed by atoms with Gasteiger partial charge in [-0.15, -0.1) is 11.3 Å². The maximum atomic E-state index is 4.61. The third kappa shape index (κ3) is 3.59. The van der Waals surface area contributed by atoms with Gasteiger partial charge in [-0.25, -0.2) is 4.98 Å². The van der Waals surface area contributed by atoms with Crippen molar-refractivity contribution in [3.05, 3.63) is 44.7 Å². The summed E-state index contributed by atoms with van der Waals surface area (Å²) in [6.07, 6.45) is 1.86. The van der Waals surface area contributed by atoms with E-state index in [9.17, 15) is 0 Å². The first-order valence-electron chi connectivity index (χ1n) is 6.74. The minimum atomic E-state index is 0.323. The lowest BCUT2D eigenvalue weighted by atomic mass is 10.2. The average Bonchev–Trinajstić information content (AvgIpc) is 2.97. The molecule has 0 aromatic carbocycles. The molecule has 1 unspecified atom stereocenters. The lowest BCUT2D eigenvalue weighted by molar-refractivity contribution is 0.699. The lowest BCUT2D eigenvalue weighted by Crippen LogP contribution is -2.25. The molecule has 0 amide bonds. The maximum Gasteiger partial charge on any atom is 0.133 e. The Hall–Kier alpha value is -0.910. The largest absolute Gasteiger partial charge is 0.352 e. The SMILES string of the molecule is CCNCc1cc(Br)cnc1N(C)C(C)c1cccs1. The van der Waals surface area contributed by atoms with Crippen LogP contribution in [0.4, 0.5) is 5.82 Å². The van der Waals surface area contributed by atoms with Crippen LogP contribution >= 0.6 is 27.3 Å². The Bertz CT molecular complexity index is 542. The number of pyridine rings is 1. The molecule has 2 rings (SSSR count). The van der Waals surface area contributed by atoms with Crippen LogP contribution in [0.2, 0.25) is 0 Å². The Morgan fingerprint density at radius 1 is 1.50 bits per heavy atom. The number of rotatable bonds is 6. The van der Waals surface area contributed by atoms with Crippen LogP contribution in [0.1, 0.15) is 30.3 Å². The van der Waals surface area contributed by atoms with Crippen LogP contribution in [0.5, 0.6) is 0 Å². The van der Waals surface area contributed by atoms with E-state index in [0.717, 1.165) is 23.4 Å². The third-order valence-electron chi connectivity index (χ3n) is 3.34. The Balaban J connectivity index is 2.26. The molecule has 108 valence electrons. The first kappa shape index (κ1) is 15.5. The van der Waals surface area contributed by atoms with Gasteiger partial charge in [-0.2, -0.15) is 0 Å². The molecule has 3 nitrogen and oxygen atoms in total. The Morgan fingerprint density at radius 3 is 2.95 bits per heavy atom. The Morgan fingerprint density at radius 2 is 2.30 bits per heavy atom. The van der Waals surface area contributed by atoms with Crippen LogP contribution in [0.25, 0.3) is 0 Å². The van der Waals surface area contributed by atoms with Gasteiger partial charge in [0.05, 0.1) is 6.04 Å². The van der Waals surface area contributed by atoms with Crippen molar-refractivity contribution in [2.45, 2.75) is 26.4 Å². The molecule has 20 heavy (non-hydrogen) atoms. The van der Waals surface area contributed by atoms with Crippen molar-refractivity contribution in [3.63, 3.8) is 0 Å². The van der Waals surface area contributed by atoms with E-state index in [1.54, 1.807) is 11.3 Å². The molecule has 5 heteroatoms. The fourth-order valence-corrected chi connectivity index (χ4v) is 3.29. The molecule has 0 saturated carbocycles. The molecule has 0 aliphatic heterocycles. The van der Waals surface area contributed by atoms with Crippen molar-refractivity contribution in [3.8, 4) is 0 Å². The summed E-state index contributed by atoms with van der Waals surface area (Å²) in [5.41, 5.74) is 1.21. The van der Waals surface area contributed by atoms with Gasteiger partial charge in [0.25, 0.3) is 0 Å². The van der Waals surface area contributed by atoms with Gasteiger partial charge >= 0.3 is 0 Å². The molecule has 0 aliphatic rings. The van der Waals surface area contributed by atoms with Gasteiger partial charge in [0.2, 0.25) is 0 Å². The van der Waals surface area contributed by atoms with Crippen LogP contribution in [-0.4, -0.2) is 18.6 Å². The number of aromatic nitrogens is 1. The predicted octanol–water partition coefficient (Wildman–Crippen LogP) is 4.21. The van der Waals surface area contributed by atoms with Crippen molar-refractivity contribution in [1.82, 2.24) is 10.3 Å². The molecule has 0 aliphatic carbocycles. The third-order valence-corrected chi connectivity index (χ3v) is 4.82.